The fourth-order valence-corrected chi connectivity index (χ4v) is 3.00. The van der Waals surface area contributed by atoms with E-state index >= 15 is 0 Å². The molecule has 0 bridgehead atoms. The maximum Gasteiger partial charge on any atom is 0.0472 e. The van der Waals surface area contributed by atoms with Crippen LogP contribution in [0.2, 0.25) is 0 Å². The van der Waals surface area contributed by atoms with Gasteiger partial charge < -0.3 is 15.0 Å². The first-order chi connectivity index (χ1) is 9.36. The molecule has 0 saturated carbocycles. The largest absolute Gasteiger partial charge is 0.381 e. The molecular formula is C17H36N2O. The molecule has 0 spiro atoms. The number of hydrogen-bond donors (Lipinski definition) is 1. The van der Waals surface area contributed by atoms with E-state index in [9.17, 15) is 0 Å². The van der Waals surface area contributed by atoms with Gasteiger partial charge in [0.1, 0.15) is 0 Å². The van der Waals surface area contributed by atoms with Crippen LogP contribution in [0.5, 0.6) is 0 Å². The molecule has 1 saturated heterocycles. The first kappa shape index (κ1) is 17.9. The van der Waals surface area contributed by atoms with Crippen molar-refractivity contribution >= 4 is 0 Å². The lowest BCUT2D eigenvalue weighted by Crippen LogP contribution is -2.49. The number of nitrogens with one attached hydrogen (secondary N) is 1. The van der Waals surface area contributed by atoms with E-state index in [1.165, 1.54) is 19.4 Å². The van der Waals surface area contributed by atoms with E-state index in [1.54, 1.807) is 0 Å². The predicted molar refractivity (Wildman–Crippen MR) is 87.1 cm³/mol. The number of rotatable bonds is 8. The Kier molecular flexibility index (Phi) is 7.49. The van der Waals surface area contributed by atoms with Gasteiger partial charge in [0.25, 0.3) is 0 Å². The predicted octanol–water partition coefficient (Wildman–Crippen LogP) is 3.01. The Morgan fingerprint density at radius 2 is 1.70 bits per heavy atom. The molecule has 1 rings (SSSR count). The van der Waals surface area contributed by atoms with Crippen molar-refractivity contribution in [2.75, 3.05) is 39.9 Å². The second-order valence-corrected chi connectivity index (χ2v) is 7.54. The summed E-state index contributed by atoms with van der Waals surface area (Å²) < 4.78 is 5.60. The van der Waals surface area contributed by atoms with Crippen LogP contribution in [-0.2, 0) is 4.74 Å². The van der Waals surface area contributed by atoms with Crippen LogP contribution < -0.4 is 5.32 Å². The van der Waals surface area contributed by atoms with E-state index in [2.05, 4.69) is 51.9 Å². The molecule has 1 atom stereocenters. The summed E-state index contributed by atoms with van der Waals surface area (Å²) in [5, 5.41) is 3.69. The first-order valence-electron chi connectivity index (χ1n) is 8.35. The van der Waals surface area contributed by atoms with Crippen molar-refractivity contribution in [2.45, 2.75) is 53.5 Å². The van der Waals surface area contributed by atoms with Gasteiger partial charge in [-0.1, -0.05) is 27.7 Å². The molecule has 0 amide bonds. The maximum absolute atomic E-state index is 5.60. The van der Waals surface area contributed by atoms with Crippen molar-refractivity contribution in [2.24, 2.45) is 17.3 Å². The third kappa shape index (κ3) is 5.71. The molecule has 120 valence electrons. The first-order valence-corrected chi connectivity index (χ1v) is 8.35. The molecule has 1 unspecified atom stereocenters. The lowest BCUT2D eigenvalue weighted by atomic mass is 9.79. The second kappa shape index (κ2) is 8.35. The minimum absolute atomic E-state index is 0.394. The average molecular weight is 284 g/mol. The van der Waals surface area contributed by atoms with Gasteiger partial charge in [-0.25, -0.2) is 0 Å². The van der Waals surface area contributed by atoms with Gasteiger partial charge >= 0.3 is 0 Å². The Morgan fingerprint density at radius 3 is 2.20 bits per heavy atom. The fourth-order valence-electron chi connectivity index (χ4n) is 3.00. The monoisotopic (exact) mass is 284 g/mol. The Morgan fingerprint density at radius 1 is 1.10 bits per heavy atom. The zero-order valence-electron chi connectivity index (χ0n) is 14.5. The molecule has 0 aromatic rings. The van der Waals surface area contributed by atoms with Gasteiger partial charge in [0, 0.05) is 32.3 Å². The number of hydrogen-bond acceptors (Lipinski definition) is 3. The summed E-state index contributed by atoms with van der Waals surface area (Å²) in [6.07, 6.45) is 2.38. The summed E-state index contributed by atoms with van der Waals surface area (Å²) in [6, 6.07) is 0.639. The average Bonchev–Trinajstić information content (AvgIpc) is 2.38. The maximum atomic E-state index is 5.60. The van der Waals surface area contributed by atoms with Crippen molar-refractivity contribution in [1.82, 2.24) is 10.2 Å². The topological polar surface area (TPSA) is 24.5 Å². The zero-order chi connectivity index (χ0) is 15.2. The molecule has 0 radical (unpaired) electrons. The Hall–Kier alpha value is -0.120. The van der Waals surface area contributed by atoms with Gasteiger partial charge in [-0.3, -0.25) is 0 Å². The molecule has 20 heavy (non-hydrogen) atoms. The summed E-state index contributed by atoms with van der Waals surface area (Å²) in [5.74, 6) is 1.43. The zero-order valence-corrected chi connectivity index (χ0v) is 14.5. The highest BCUT2D eigenvalue weighted by Gasteiger charge is 2.34. The van der Waals surface area contributed by atoms with Crippen LogP contribution in [0.15, 0.2) is 0 Å². The third-order valence-corrected chi connectivity index (χ3v) is 4.85. The molecule has 3 heteroatoms. The molecule has 1 aliphatic rings. The summed E-state index contributed by atoms with van der Waals surface area (Å²) >= 11 is 0. The molecule has 0 aromatic heterocycles. The van der Waals surface area contributed by atoms with Crippen molar-refractivity contribution < 1.29 is 4.74 Å². The standard InChI is InChI=1S/C17H36N2O/c1-14(2)11-18-12-17(7-9-20-10-8-17)13-19(6)16(5)15(3)4/h14-16,18H,7-13H2,1-6H3. The molecule has 1 aliphatic heterocycles. The molecule has 1 heterocycles. The van der Waals surface area contributed by atoms with E-state index in [0.717, 1.165) is 32.2 Å². The summed E-state index contributed by atoms with van der Waals surface area (Å²) in [4.78, 5) is 2.55. The quantitative estimate of drug-likeness (QED) is 0.741. The molecule has 1 fully saturated rings. The minimum Gasteiger partial charge on any atom is -0.381 e. The summed E-state index contributed by atoms with van der Waals surface area (Å²) in [6.45, 7) is 16.8. The van der Waals surface area contributed by atoms with E-state index in [1.807, 2.05) is 0 Å². The minimum atomic E-state index is 0.394. The smallest absolute Gasteiger partial charge is 0.0472 e. The van der Waals surface area contributed by atoms with Crippen molar-refractivity contribution in [3.8, 4) is 0 Å². The molecule has 1 N–H and O–H groups in total. The van der Waals surface area contributed by atoms with Crippen LogP contribution in [0.4, 0.5) is 0 Å². The van der Waals surface area contributed by atoms with E-state index < -0.39 is 0 Å². The van der Waals surface area contributed by atoms with Crippen molar-refractivity contribution in [3.63, 3.8) is 0 Å². The third-order valence-electron chi connectivity index (χ3n) is 4.85. The van der Waals surface area contributed by atoms with Gasteiger partial charge in [-0.15, -0.1) is 0 Å². The number of nitrogens with zero attached hydrogens (tertiary/aromatic N) is 1. The highest BCUT2D eigenvalue weighted by Crippen LogP contribution is 2.31. The normalized spacial score (nSPS) is 20.9. The summed E-state index contributed by atoms with van der Waals surface area (Å²) in [5.41, 5.74) is 0.394. The molecule has 0 aliphatic carbocycles. The Bertz CT molecular complexity index is 260. The van der Waals surface area contributed by atoms with Crippen LogP contribution in [0.3, 0.4) is 0 Å². The lowest BCUT2D eigenvalue weighted by molar-refractivity contribution is -0.00872. The lowest BCUT2D eigenvalue weighted by Gasteiger charge is -2.42. The van der Waals surface area contributed by atoms with E-state index in [-0.39, 0.29) is 0 Å². The van der Waals surface area contributed by atoms with Crippen molar-refractivity contribution in [3.05, 3.63) is 0 Å². The fraction of sp³-hybridized carbons (Fsp3) is 1.00. The van der Waals surface area contributed by atoms with Crippen LogP contribution in [-0.4, -0.2) is 50.8 Å². The second-order valence-electron chi connectivity index (χ2n) is 7.54. The van der Waals surface area contributed by atoms with Crippen LogP contribution in [0.25, 0.3) is 0 Å². The van der Waals surface area contributed by atoms with Gasteiger partial charge in [-0.2, -0.15) is 0 Å². The van der Waals surface area contributed by atoms with E-state index in [4.69, 9.17) is 4.74 Å². The molecular weight excluding hydrogens is 248 g/mol. The Labute approximate surface area is 126 Å². The molecule has 0 aromatic carbocycles. The van der Waals surface area contributed by atoms with Gasteiger partial charge in [0.05, 0.1) is 0 Å². The van der Waals surface area contributed by atoms with Gasteiger partial charge in [0.15, 0.2) is 0 Å². The number of ether oxygens (including phenoxy) is 1. The van der Waals surface area contributed by atoms with Gasteiger partial charge in [-0.05, 0) is 50.6 Å². The molecule has 3 nitrogen and oxygen atoms in total. The van der Waals surface area contributed by atoms with Crippen molar-refractivity contribution in [1.29, 1.82) is 0 Å². The van der Waals surface area contributed by atoms with Crippen LogP contribution >= 0.6 is 0 Å². The highest BCUT2D eigenvalue weighted by atomic mass is 16.5. The summed E-state index contributed by atoms with van der Waals surface area (Å²) in [7, 11) is 2.28. The Balaban J connectivity index is 2.58. The highest BCUT2D eigenvalue weighted by molar-refractivity contribution is 4.88. The van der Waals surface area contributed by atoms with E-state index in [0.29, 0.717) is 17.4 Å². The van der Waals surface area contributed by atoms with Gasteiger partial charge in [0.2, 0.25) is 0 Å². The van der Waals surface area contributed by atoms with Crippen LogP contribution in [0, 0.1) is 17.3 Å². The SMILES string of the molecule is CC(C)CNCC1(CN(C)C(C)C(C)C)CCOCC1. The van der Waals surface area contributed by atoms with Crippen LogP contribution in [0.1, 0.15) is 47.5 Å².